The SMILES string of the molecule is CCn1c(C2CCCN(C(=O)CCCc3c[nH]c4ccccc34)C2)n[nH]c1=O. The van der Waals surface area contributed by atoms with E-state index in [-0.39, 0.29) is 17.5 Å². The number of hydrogen-bond acceptors (Lipinski definition) is 3. The van der Waals surface area contributed by atoms with Gasteiger partial charge in [0.1, 0.15) is 5.82 Å². The highest BCUT2D eigenvalue weighted by molar-refractivity contribution is 5.83. The molecule has 1 aliphatic heterocycles. The first-order valence-corrected chi connectivity index (χ1v) is 10.1. The van der Waals surface area contributed by atoms with Gasteiger partial charge in [-0.15, -0.1) is 0 Å². The summed E-state index contributed by atoms with van der Waals surface area (Å²) in [7, 11) is 0. The molecule has 1 amide bonds. The molecule has 2 N–H and O–H groups in total. The second-order valence-corrected chi connectivity index (χ2v) is 7.52. The maximum absolute atomic E-state index is 12.7. The minimum absolute atomic E-state index is 0.130. The van der Waals surface area contributed by atoms with E-state index in [0.717, 1.165) is 43.6 Å². The zero-order chi connectivity index (χ0) is 19.5. The van der Waals surface area contributed by atoms with E-state index < -0.39 is 0 Å². The van der Waals surface area contributed by atoms with Crippen molar-refractivity contribution in [3.8, 4) is 0 Å². The fraction of sp³-hybridized carbons (Fsp3) is 0.476. The van der Waals surface area contributed by atoms with Crippen LogP contribution in [0.25, 0.3) is 10.9 Å². The Morgan fingerprint density at radius 3 is 3.04 bits per heavy atom. The van der Waals surface area contributed by atoms with Gasteiger partial charge in [-0.25, -0.2) is 9.89 Å². The van der Waals surface area contributed by atoms with Crippen LogP contribution < -0.4 is 5.69 Å². The number of hydrogen-bond donors (Lipinski definition) is 2. The number of carbonyl (C=O) groups excluding carboxylic acids is 1. The van der Waals surface area contributed by atoms with E-state index in [4.69, 9.17) is 0 Å². The summed E-state index contributed by atoms with van der Waals surface area (Å²) in [5.41, 5.74) is 2.24. The molecule has 1 unspecified atom stereocenters. The molecule has 7 heteroatoms. The molecular formula is C21H27N5O2. The zero-order valence-electron chi connectivity index (χ0n) is 16.3. The summed E-state index contributed by atoms with van der Waals surface area (Å²) in [6.45, 7) is 3.98. The highest BCUT2D eigenvalue weighted by atomic mass is 16.2. The van der Waals surface area contributed by atoms with Crippen molar-refractivity contribution in [2.75, 3.05) is 13.1 Å². The van der Waals surface area contributed by atoms with Crippen LogP contribution >= 0.6 is 0 Å². The summed E-state index contributed by atoms with van der Waals surface area (Å²) >= 11 is 0. The molecule has 4 rings (SSSR count). The monoisotopic (exact) mass is 381 g/mol. The molecular weight excluding hydrogens is 354 g/mol. The molecule has 1 aromatic carbocycles. The molecule has 28 heavy (non-hydrogen) atoms. The van der Waals surface area contributed by atoms with Crippen LogP contribution in [0, 0.1) is 0 Å². The first-order valence-electron chi connectivity index (χ1n) is 10.1. The van der Waals surface area contributed by atoms with Crippen LogP contribution in [-0.2, 0) is 17.8 Å². The molecule has 7 nitrogen and oxygen atoms in total. The molecule has 1 aliphatic rings. The van der Waals surface area contributed by atoms with Gasteiger partial charge in [0.15, 0.2) is 0 Å². The molecule has 0 bridgehead atoms. The lowest BCUT2D eigenvalue weighted by atomic mass is 9.96. The first kappa shape index (κ1) is 18.5. The number of piperidine rings is 1. The lowest BCUT2D eigenvalue weighted by Gasteiger charge is -2.32. The Morgan fingerprint density at radius 1 is 1.32 bits per heavy atom. The molecule has 1 saturated heterocycles. The van der Waals surface area contributed by atoms with Gasteiger partial charge in [-0.3, -0.25) is 9.36 Å². The third-order valence-corrected chi connectivity index (χ3v) is 5.75. The highest BCUT2D eigenvalue weighted by Gasteiger charge is 2.28. The summed E-state index contributed by atoms with van der Waals surface area (Å²) in [6, 6.07) is 8.26. The number of likely N-dealkylation sites (tertiary alicyclic amines) is 1. The molecule has 1 atom stereocenters. The molecule has 0 spiro atoms. The number of aryl methyl sites for hydroxylation is 1. The number of rotatable bonds is 6. The van der Waals surface area contributed by atoms with Gasteiger partial charge < -0.3 is 9.88 Å². The van der Waals surface area contributed by atoms with E-state index in [0.29, 0.717) is 19.5 Å². The van der Waals surface area contributed by atoms with E-state index in [9.17, 15) is 9.59 Å². The van der Waals surface area contributed by atoms with Gasteiger partial charge in [-0.2, -0.15) is 5.10 Å². The summed E-state index contributed by atoms with van der Waals surface area (Å²) < 4.78 is 1.68. The number of nitrogens with zero attached hydrogens (tertiary/aromatic N) is 3. The van der Waals surface area contributed by atoms with Crippen molar-refractivity contribution < 1.29 is 4.79 Å². The van der Waals surface area contributed by atoms with Crippen molar-refractivity contribution in [1.82, 2.24) is 24.6 Å². The Kier molecular flexibility index (Phi) is 5.32. The number of aromatic amines is 2. The predicted octanol–water partition coefficient (Wildman–Crippen LogP) is 2.80. The Labute approximate surface area is 163 Å². The second-order valence-electron chi connectivity index (χ2n) is 7.52. The minimum atomic E-state index is -0.167. The van der Waals surface area contributed by atoms with Crippen molar-refractivity contribution in [3.63, 3.8) is 0 Å². The average Bonchev–Trinajstić information content (AvgIpc) is 3.31. The van der Waals surface area contributed by atoms with Crippen LogP contribution in [0.15, 0.2) is 35.3 Å². The van der Waals surface area contributed by atoms with Gasteiger partial charge in [-0.1, -0.05) is 18.2 Å². The van der Waals surface area contributed by atoms with Gasteiger partial charge in [0.25, 0.3) is 0 Å². The van der Waals surface area contributed by atoms with Gasteiger partial charge in [-0.05, 0) is 44.2 Å². The van der Waals surface area contributed by atoms with Crippen LogP contribution in [-0.4, -0.2) is 43.6 Å². The second kappa shape index (κ2) is 8.04. The molecule has 3 aromatic rings. The Hall–Kier alpha value is -2.83. The minimum Gasteiger partial charge on any atom is -0.361 e. The van der Waals surface area contributed by atoms with Crippen molar-refractivity contribution in [3.05, 3.63) is 52.3 Å². The van der Waals surface area contributed by atoms with Crippen molar-refractivity contribution in [2.45, 2.75) is 51.5 Å². The predicted molar refractivity (Wildman–Crippen MR) is 108 cm³/mol. The quantitative estimate of drug-likeness (QED) is 0.688. The van der Waals surface area contributed by atoms with Crippen molar-refractivity contribution in [1.29, 1.82) is 0 Å². The number of H-pyrrole nitrogens is 2. The fourth-order valence-electron chi connectivity index (χ4n) is 4.29. The number of benzene rings is 1. The van der Waals surface area contributed by atoms with Crippen LogP contribution in [0.4, 0.5) is 0 Å². The fourth-order valence-corrected chi connectivity index (χ4v) is 4.29. The summed E-state index contributed by atoms with van der Waals surface area (Å²) in [4.78, 5) is 29.8. The van der Waals surface area contributed by atoms with E-state index in [1.54, 1.807) is 4.57 Å². The van der Waals surface area contributed by atoms with E-state index in [1.807, 2.05) is 30.2 Å². The Bertz CT molecular complexity index is 1020. The van der Waals surface area contributed by atoms with Gasteiger partial charge >= 0.3 is 5.69 Å². The van der Waals surface area contributed by atoms with Crippen LogP contribution in [0.5, 0.6) is 0 Å². The first-order chi connectivity index (χ1) is 13.7. The highest BCUT2D eigenvalue weighted by Crippen LogP contribution is 2.26. The maximum atomic E-state index is 12.7. The van der Waals surface area contributed by atoms with E-state index in [2.05, 4.69) is 27.3 Å². The number of aromatic nitrogens is 4. The smallest absolute Gasteiger partial charge is 0.343 e. The van der Waals surface area contributed by atoms with Crippen molar-refractivity contribution >= 4 is 16.8 Å². The molecule has 1 fully saturated rings. The number of carbonyl (C=O) groups is 1. The lowest BCUT2D eigenvalue weighted by molar-refractivity contribution is -0.132. The molecule has 148 valence electrons. The number of para-hydroxylation sites is 1. The van der Waals surface area contributed by atoms with Gasteiger partial charge in [0, 0.05) is 49.1 Å². The summed E-state index contributed by atoms with van der Waals surface area (Å²) in [6.07, 6.45) is 6.24. The van der Waals surface area contributed by atoms with Crippen LogP contribution in [0.1, 0.15) is 49.9 Å². The number of amides is 1. The summed E-state index contributed by atoms with van der Waals surface area (Å²) in [5.74, 6) is 1.11. The molecule has 3 heterocycles. The number of fused-ring (bicyclic) bond motifs is 1. The van der Waals surface area contributed by atoms with Gasteiger partial charge in [0.05, 0.1) is 0 Å². The topological polar surface area (TPSA) is 86.8 Å². The maximum Gasteiger partial charge on any atom is 0.343 e. The van der Waals surface area contributed by atoms with E-state index in [1.165, 1.54) is 10.9 Å². The average molecular weight is 381 g/mol. The largest absolute Gasteiger partial charge is 0.361 e. The standard InChI is InChI=1S/C21H27N5O2/c1-2-26-20(23-24-21(26)28)16-8-6-12-25(14-16)19(27)11-5-7-15-13-22-18-10-4-3-9-17(15)18/h3-4,9-10,13,16,22H,2,5-8,11-12,14H2,1H3,(H,24,28). The molecule has 0 aliphatic carbocycles. The third-order valence-electron chi connectivity index (χ3n) is 5.75. The Balaban J connectivity index is 1.35. The normalized spacial score (nSPS) is 17.3. The zero-order valence-corrected chi connectivity index (χ0v) is 16.3. The van der Waals surface area contributed by atoms with E-state index >= 15 is 0 Å². The molecule has 0 saturated carbocycles. The third kappa shape index (κ3) is 3.61. The van der Waals surface area contributed by atoms with Crippen LogP contribution in [0.2, 0.25) is 0 Å². The van der Waals surface area contributed by atoms with Gasteiger partial charge in [0.2, 0.25) is 5.91 Å². The van der Waals surface area contributed by atoms with Crippen molar-refractivity contribution in [2.24, 2.45) is 0 Å². The number of nitrogens with one attached hydrogen (secondary N) is 2. The van der Waals surface area contributed by atoms with Crippen LogP contribution in [0.3, 0.4) is 0 Å². The molecule has 2 aromatic heterocycles. The lowest BCUT2D eigenvalue weighted by Crippen LogP contribution is -2.40. The Morgan fingerprint density at radius 2 is 2.18 bits per heavy atom. The summed E-state index contributed by atoms with van der Waals surface area (Å²) in [5, 5.41) is 8.00. The molecule has 0 radical (unpaired) electrons.